The molecule has 0 aliphatic rings. The molecule has 7 nitrogen and oxygen atoms in total. The molecule has 26 heavy (non-hydrogen) atoms. The van der Waals surface area contributed by atoms with Gasteiger partial charge in [0.05, 0.1) is 6.54 Å². The SMILES string of the molecule is CC(C)CNc1nc2c(c(=O)n(Cc3ccc(F)cc3)c(=O)n2C)n1C. The van der Waals surface area contributed by atoms with Crippen LogP contribution in [0.4, 0.5) is 10.3 Å². The van der Waals surface area contributed by atoms with E-state index in [4.69, 9.17) is 0 Å². The van der Waals surface area contributed by atoms with Crippen LogP contribution >= 0.6 is 0 Å². The van der Waals surface area contributed by atoms with E-state index >= 15 is 0 Å². The van der Waals surface area contributed by atoms with Crippen LogP contribution in [0.2, 0.25) is 0 Å². The van der Waals surface area contributed by atoms with Crippen LogP contribution in [0.1, 0.15) is 19.4 Å². The van der Waals surface area contributed by atoms with Gasteiger partial charge in [0.25, 0.3) is 5.56 Å². The number of hydrogen-bond acceptors (Lipinski definition) is 4. The summed E-state index contributed by atoms with van der Waals surface area (Å²) in [6.07, 6.45) is 0. The van der Waals surface area contributed by atoms with Crippen LogP contribution in [0.25, 0.3) is 11.2 Å². The minimum absolute atomic E-state index is 0.0711. The molecule has 0 radical (unpaired) electrons. The second-order valence-corrected chi connectivity index (χ2v) is 6.80. The molecule has 1 aromatic carbocycles. The van der Waals surface area contributed by atoms with Crippen molar-refractivity contribution in [1.82, 2.24) is 18.7 Å². The van der Waals surface area contributed by atoms with E-state index in [0.29, 0.717) is 35.1 Å². The van der Waals surface area contributed by atoms with Gasteiger partial charge in [-0.3, -0.25) is 13.9 Å². The fourth-order valence-electron chi connectivity index (χ4n) is 2.81. The van der Waals surface area contributed by atoms with E-state index in [1.165, 1.54) is 16.7 Å². The first kappa shape index (κ1) is 17.9. The first-order valence-electron chi connectivity index (χ1n) is 8.44. The van der Waals surface area contributed by atoms with Crippen LogP contribution in [0.5, 0.6) is 0 Å². The number of nitrogens with one attached hydrogen (secondary N) is 1. The minimum atomic E-state index is -0.458. The molecule has 0 aliphatic carbocycles. The van der Waals surface area contributed by atoms with Crippen LogP contribution in [-0.2, 0) is 20.6 Å². The molecule has 0 saturated heterocycles. The van der Waals surface area contributed by atoms with Crippen LogP contribution in [-0.4, -0.2) is 25.2 Å². The van der Waals surface area contributed by atoms with Crippen molar-refractivity contribution in [1.29, 1.82) is 0 Å². The fraction of sp³-hybridized carbons (Fsp3) is 0.389. The molecule has 2 aromatic heterocycles. The zero-order chi connectivity index (χ0) is 19.0. The van der Waals surface area contributed by atoms with E-state index in [9.17, 15) is 14.0 Å². The molecule has 1 N–H and O–H groups in total. The van der Waals surface area contributed by atoms with Crippen molar-refractivity contribution in [2.24, 2.45) is 20.0 Å². The summed E-state index contributed by atoms with van der Waals surface area (Å²) in [6.45, 7) is 4.92. The number of hydrogen-bond donors (Lipinski definition) is 1. The Morgan fingerprint density at radius 3 is 2.38 bits per heavy atom. The molecular weight excluding hydrogens is 337 g/mol. The third kappa shape index (κ3) is 3.14. The van der Waals surface area contributed by atoms with Gasteiger partial charge in [-0.25, -0.2) is 9.18 Å². The van der Waals surface area contributed by atoms with Gasteiger partial charge < -0.3 is 9.88 Å². The van der Waals surface area contributed by atoms with E-state index in [0.717, 1.165) is 4.57 Å². The van der Waals surface area contributed by atoms with Crippen molar-refractivity contribution in [2.45, 2.75) is 20.4 Å². The molecule has 0 unspecified atom stereocenters. The number of fused-ring (bicyclic) bond motifs is 1. The summed E-state index contributed by atoms with van der Waals surface area (Å²) in [5.41, 5.74) is 0.482. The number of aryl methyl sites for hydroxylation is 2. The maximum atomic E-state index is 13.1. The summed E-state index contributed by atoms with van der Waals surface area (Å²) in [5.74, 6) is 0.589. The van der Waals surface area contributed by atoms with Gasteiger partial charge in [0.2, 0.25) is 5.95 Å². The normalized spacial score (nSPS) is 11.5. The molecule has 0 spiro atoms. The Hall–Kier alpha value is -2.90. The molecule has 0 saturated carbocycles. The first-order valence-corrected chi connectivity index (χ1v) is 8.44. The predicted octanol–water partition coefficient (Wildman–Crippen LogP) is 1.69. The number of imidazole rings is 1. The quantitative estimate of drug-likeness (QED) is 0.752. The van der Waals surface area contributed by atoms with Gasteiger partial charge in [-0.1, -0.05) is 26.0 Å². The lowest BCUT2D eigenvalue weighted by Gasteiger charge is -2.09. The van der Waals surface area contributed by atoms with Crippen molar-refractivity contribution < 1.29 is 4.39 Å². The van der Waals surface area contributed by atoms with Crippen molar-refractivity contribution in [3.63, 3.8) is 0 Å². The number of nitrogens with zero attached hydrogens (tertiary/aromatic N) is 4. The van der Waals surface area contributed by atoms with Crippen molar-refractivity contribution >= 4 is 17.1 Å². The van der Waals surface area contributed by atoms with Crippen molar-refractivity contribution in [3.8, 4) is 0 Å². The highest BCUT2D eigenvalue weighted by atomic mass is 19.1. The van der Waals surface area contributed by atoms with Gasteiger partial charge >= 0.3 is 5.69 Å². The Kier molecular flexibility index (Phi) is 4.67. The summed E-state index contributed by atoms with van der Waals surface area (Å²) >= 11 is 0. The maximum Gasteiger partial charge on any atom is 0.332 e. The van der Waals surface area contributed by atoms with Crippen LogP contribution in [0.15, 0.2) is 33.9 Å². The highest BCUT2D eigenvalue weighted by Gasteiger charge is 2.18. The Labute approximate surface area is 149 Å². The minimum Gasteiger partial charge on any atom is -0.355 e. The Balaban J connectivity index is 2.13. The molecule has 0 bridgehead atoms. The monoisotopic (exact) mass is 359 g/mol. The Morgan fingerprint density at radius 2 is 1.77 bits per heavy atom. The Morgan fingerprint density at radius 1 is 1.12 bits per heavy atom. The number of benzene rings is 1. The summed E-state index contributed by atoms with van der Waals surface area (Å²) in [7, 11) is 3.33. The Bertz CT molecular complexity index is 1060. The van der Waals surface area contributed by atoms with Crippen molar-refractivity contribution in [2.75, 3.05) is 11.9 Å². The number of aromatic nitrogens is 4. The van der Waals surface area contributed by atoms with Crippen molar-refractivity contribution in [3.05, 3.63) is 56.5 Å². The highest BCUT2D eigenvalue weighted by molar-refractivity contribution is 5.74. The molecule has 138 valence electrons. The molecule has 0 amide bonds. The van der Waals surface area contributed by atoms with Crippen LogP contribution < -0.4 is 16.6 Å². The van der Waals surface area contributed by atoms with E-state index in [2.05, 4.69) is 24.1 Å². The number of anilines is 1. The average Bonchev–Trinajstić information content (AvgIpc) is 2.93. The van der Waals surface area contributed by atoms with E-state index in [1.807, 2.05) is 0 Å². The number of rotatable bonds is 5. The average molecular weight is 359 g/mol. The molecule has 0 fully saturated rings. The number of halogens is 1. The summed E-state index contributed by atoms with van der Waals surface area (Å²) in [4.78, 5) is 30.0. The zero-order valence-corrected chi connectivity index (χ0v) is 15.3. The summed E-state index contributed by atoms with van der Waals surface area (Å²) in [5, 5.41) is 3.20. The van der Waals surface area contributed by atoms with E-state index in [-0.39, 0.29) is 12.4 Å². The largest absolute Gasteiger partial charge is 0.355 e. The van der Waals surface area contributed by atoms with Gasteiger partial charge in [-0.2, -0.15) is 4.98 Å². The third-order valence-electron chi connectivity index (χ3n) is 4.28. The second-order valence-electron chi connectivity index (χ2n) is 6.80. The first-order chi connectivity index (χ1) is 12.3. The lowest BCUT2D eigenvalue weighted by Crippen LogP contribution is -2.39. The zero-order valence-electron chi connectivity index (χ0n) is 15.3. The molecule has 0 aliphatic heterocycles. The van der Waals surface area contributed by atoms with Gasteiger partial charge in [-0.05, 0) is 23.6 Å². The highest BCUT2D eigenvalue weighted by Crippen LogP contribution is 2.14. The third-order valence-corrected chi connectivity index (χ3v) is 4.28. The van der Waals surface area contributed by atoms with Gasteiger partial charge in [0.1, 0.15) is 5.82 Å². The van der Waals surface area contributed by atoms with Gasteiger partial charge in [0, 0.05) is 20.6 Å². The summed E-state index contributed by atoms with van der Waals surface area (Å²) < 4.78 is 17.3. The topological polar surface area (TPSA) is 73.8 Å². The fourth-order valence-corrected chi connectivity index (χ4v) is 2.81. The molecule has 0 atom stereocenters. The van der Waals surface area contributed by atoms with E-state index < -0.39 is 11.2 Å². The molecular formula is C18H22FN5O2. The van der Waals surface area contributed by atoms with Gasteiger partial charge in [-0.15, -0.1) is 0 Å². The lowest BCUT2D eigenvalue weighted by molar-refractivity contribution is 0.623. The molecule has 2 heterocycles. The smallest absolute Gasteiger partial charge is 0.332 e. The predicted molar refractivity (Wildman–Crippen MR) is 99.0 cm³/mol. The lowest BCUT2D eigenvalue weighted by atomic mass is 10.2. The van der Waals surface area contributed by atoms with Crippen LogP contribution in [0.3, 0.4) is 0 Å². The maximum absolute atomic E-state index is 13.1. The molecule has 3 aromatic rings. The standard InChI is InChI=1S/C18H22FN5O2/c1-11(2)9-20-17-21-15-14(22(17)3)16(25)24(18(26)23(15)4)10-12-5-7-13(19)8-6-12/h5-8,11H,9-10H2,1-4H3,(H,20,21). The molecule has 3 rings (SSSR count). The molecule has 8 heteroatoms. The van der Waals surface area contributed by atoms with Gasteiger partial charge in [0.15, 0.2) is 11.2 Å². The second kappa shape index (κ2) is 6.78. The van der Waals surface area contributed by atoms with E-state index in [1.54, 1.807) is 30.8 Å². The summed E-state index contributed by atoms with van der Waals surface area (Å²) in [6, 6.07) is 5.73. The van der Waals surface area contributed by atoms with Crippen LogP contribution in [0, 0.1) is 11.7 Å².